The van der Waals surface area contributed by atoms with Gasteiger partial charge in [0.15, 0.2) is 5.13 Å². The van der Waals surface area contributed by atoms with Crippen LogP contribution < -0.4 is 5.32 Å². The molecule has 0 atom stereocenters. The third-order valence-electron chi connectivity index (χ3n) is 2.53. The number of aryl methyl sites for hydroxylation is 1. The molecular formula is C14H16N2OS2. The Kier molecular flexibility index (Phi) is 4.99. The van der Waals surface area contributed by atoms with Gasteiger partial charge in [-0.2, -0.15) is 11.8 Å². The molecule has 1 N–H and O–H groups in total. The van der Waals surface area contributed by atoms with Gasteiger partial charge in [-0.1, -0.05) is 19.1 Å². The van der Waals surface area contributed by atoms with Gasteiger partial charge in [-0.15, -0.1) is 11.3 Å². The monoisotopic (exact) mass is 292 g/mol. The van der Waals surface area contributed by atoms with Gasteiger partial charge in [-0.05, 0) is 30.4 Å². The van der Waals surface area contributed by atoms with Gasteiger partial charge in [0.1, 0.15) is 0 Å². The van der Waals surface area contributed by atoms with E-state index in [-0.39, 0.29) is 5.91 Å². The molecule has 0 saturated heterocycles. The molecule has 0 radical (unpaired) electrons. The molecule has 1 heterocycles. The lowest BCUT2D eigenvalue weighted by atomic mass is 10.1. The Hall–Kier alpha value is -1.33. The zero-order chi connectivity index (χ0) is 13.7. The molecule has 3 nitrogen and oxygen atoms in total. The van der Waals surface area contributed by atoms with Crippen LogP contribution in [0.1, 0.15) is 28.5 Å². The summed E-state index contributed by atoms with van der Waals surface area (Å²) in [6, 6.07) is 7.73. The number of nitrogens with zero attached hydrogens (tertiary/aromatic N) is 1. The molecular weight excluding hydrogens is 276 g/mol. The quantitative estimate of drug-likeness (QED) is 0.907. The summed E-state index contributed by atoms with van der Waals surface area (Å²) in [7, 11) is 0. The molecule has 0 aliphatic carbocycles. The van der Waals surface area contributed by atoms with Gasteiger partial charge in [0.2, 0.25) is 0 Å². The number of hydrogen-bond donors (Lipinski definition) is 1. The molecule has 100 valence electrons. The van der Waals surface area contributed by atoms with E-state index in [9.17, 15) is 4.79 Å². The number of rotatable bonds is 5. The molecule has 0 fully saturated rings. The third kappa shape index (κ3) is 4.08. The summed E-state index contributed by atoms with van der Waals surface area (Å²) in [5, 5.41) is 5.37. The zero-order valence-electron chi connectivity index (χ0n) is 11.0. The first-order valence-corrected chi connectivity index (χ1v) is 8.12. The number of hydrogen-bond acceptors (Lipinski definition) is 4. The average molecular weight is 292 g/mol. The summed E-state index contributed by atoms with van der Waals surface area (Å²) in [5.41, 5.74) is 2.83. The van der Waals surface area contributed by atoms with Crippen LogP contribution in [0.5, 0.6) is 0 Å². The molecule has 0 unspecified atom stereocenters. The summed E-state index contributed by atoms with van der Waals surface area (Å²) in [6.07, 6.45) is 0. The average Bonchev–Trinajstić information content (AvgIpc) is 2.82. The lowest BCUT2D eigenvalue weighted by Gasteiger charge is -2.03. The van der Waals surface area contributed by atoms with Crippen molar-refractivity contribution in [3.63, 3.8) is 0 Å². The number of benzene rings is 1. The third-order valence-corrected chi connectivity index (χ3v) is 4.35. The van der Waals surface area contributed by atoms with E-state index in [4.69, 9.17) is 0 Å². The zero-order valence-corrected chi connectivity index (χ0v) is 12.6. The van der Waals surface area contributed by atoms with E-state index < -0.39 is 0 Å². The van der Waals surface area contributed by atoms with Crippen LogP contribution >= 0.6 is 23.1 Å². The van der Waals surface area contributed by atoms with Crippen molar-refractivity contribution < 1.29 is 4.79 Å². The number of amides is 1. The standard InChI is InChI=1S/C14H16N2OS2/c1-3-18-9-11-4-6-12(7-5-11)13(17)16-14-15-10(2)8-19-14/h4-8H,3,9H2,1-2H3,(H,15,16,17). The minimum absolute atomic E-state index is 0.107. The Morgan fingerprint density at radius 3 is 2.68 bits per heavy atom. The lowest BCUT2D eigenvalue weighted by Crippen LogP contribution is -2.11. The van der Waals surface area contributed by atoms with E-state index in [0.29, 0.717) is 10.7 Å². The molecule has 0 bridgehead atoms. The first-order chi connectivity index (χ1) is 9.19. The van der Waals surface area contributed by atoms with Crippen LogP contribution in [-0.4, -0.2) is 16.6 Å². The second-order valence-corrected chi connectivity index (χ2v) is 6.21. The fraction of sp³-hybridized carbons (Fsp3) is 0.286. The summed E-state index contributed by atoms with van der Waals surface area (Å²) < 4.78 is 0. The molecule has 0 saturated carbocycles. The second kappa shape index (κ2) is 6.73. The Morgan fingerprint density at radius 1 is 1.37 bits per heavy atom. The Labute approximate surface area is 121 Å². The Bertz CT molecular complexity index is 549. The van der Waals surface area contributed by atoms with Crippen molar-refractivity contribution in [2.24, 2.45) is 0 Å². The van der Waals surface area contributed by atoms with Crippen LogP contribution in [0.15, 0.2) is 29.6 Å². The molecule has 0 aliphatic rings. The van der Waals surface area contributed by atoms with Crippen molar-refractivity contribution in [3.05, 3.63) is 46.5 Å². The molecule has 19 heavy (non-hydrogen) atoms. The maximum absolute atomic E-state index is 12.0. The van der Waals surface area contributed by atoms with Crippen molar-refractivity contribution in [3.8, 4) is 0 Å². The topological polar surface area (TPSA) is 42.0 Å². The largest absolute Gasteiger partial charge is 0.298 e. The normalized spacial score (nSPS) is 10.4. The fourth-order valence-corrected chi connectivity index (χ4v) is 2.87. The molecule has 1 aromatic heterocycles. The number of nitrogens with one attached hydrogen (secondary N) is 1. The Balaban J connectivity index is 1.99. The van der Waals surface area contributed by atoms with Crippen molar-refractivity contribution in [2.45, 2.75) is 19.6 Å². The predicted molar refractivity (Wildman–Crippen MR) is 83.1 cm³/mol. The van der Waals surface area contributed by atoms with Crippen LogP contribution in [0.3, 0.4) is 0 Å². The van der Waals surface area contributed by atoms with Crippen molar-refractivity contribution >= 4 is 34.1 Å². The number of thioether (sulfide) groups is 1. The highest BCUT2D eigenvalue weighted by molar-refractivity contribution is 7.98. The van der Waals surface area contributed by atoms with Gasteiger partial charge < -0.3 is 0 Å². The molecule has 1 amide bonds. The molecule has 2 rings (SSSR count). The Morgan fingerprint density at radius 2 is 2.11 bits per heavy atom. The molecule has 5 heteroatoms. The van der Waals surface area contributed by atoms with Crippen molar-refractivity contribution in [2.75, 3.05) is 11.1 Å². The van der Waals surface area contributed by atoms with Crippen LogP contribution in [-0.2, 0) is 5.75 Å². The van der Waals surface area contributed by atoms with Crippen molar-refractivity contribution in [1.82, 2.24) is 4.98 Å². The number of thiazole rings is 1. The van der Waals surface area contributed by atoms with Crippen LogP contribution in [0.25, 0.3) is 0 Å². The van der Waals surface area contributed by atoms with Gasteiger partial charge >= 0.3 is 0 Å². The predicted octanol–water partition coefficient (Wildman–Crippen LogP) is 3.96. The molecule has 1 aromatic carbocycles. The number of aromatic nitrogens is 1. The van der Waals surface area contributed by atoms with E-state index in [0.717, 1.165) is 17.2 Å². The van der Waals surface area contributed by atoms with E-state index in [1.807, 2.05) is 48.3 Å². The van der Waals surface area contributed by atoms with Gasteiger partial charge in [-0.3, -0.25) is 10.1 Å². The molecule has 0 spiro atoms. The van der Waals surface area contributed by atoms with Crippen molar-refractivity contribution in [1.29, 1.82) is 0 Å². The summed E-state index contributed by atoms with van der Waals surface area (Å²) in [6.45, 7) is 4.05. The number of carbonyl (C=O) groups is 1. The van der Waals surface area contributed by atoms with Gasteiger partial charge in [0.25, 0.3) is 5.91 Å². The first-order valence-electron chi connectivity index (χ1n) is 6.09. The minimum atomic E-state index is -0.107. The van der Waals surface area contributed by atoms with E-state index in [2.05, 4.69) is 17.2 Å². The molecule has 2 aromatic rings. The van der Waals surface area contributed by atoms with Gasteiger partial charge in [-0.25, -0.2) is 4.98 Å². The highest BCUT2D eigenvalue weighted by Gasteiger charge is 2.08. The highest BCUT2D eigenvalue weighted by atomic mass is 32.2. The summed E-state index contributed by atoms with van der Waals surface area (Å²) in [5.74, 6) is 1.99. The first kappa shape index (κ1) is 14.1. The van der Waals surface area contributed by atoms with Crippen LogP contribution in [0, 0.1) is 6.92 Å². The maximum atomic E-state index is 12.0. The summed E-state index contributed by atoms with van der Waals surface area (Å²) >= 11 is 3.31. The SMILES string of the molecule is CCSCc1ccc(C(=O)Nc2nc(C)cs2)cc1. The van der Waals surface area contributed by atoms with Crippen LogP contribution in [0.2, 0.25) is 0 Å². The fourth-order valence-electron chi connectivity index (χ4n) is 1.55. The van der Waals surface area contributed by atoms with E-state index in [1.54, 1.807) is 0 Å². The number of carbonyl (C=O) groups excluding carboxylic acids is 1. The van der Waals surface area contributed by atoms with E-state index in [1.165, 1.54) is 16.9 Å². The highest BCUT2D eigenvalue weighted by Crippen LogP contribution is 2.17. The summed E-state index contributed by atoms with van der Waals surface area (Å²) in [4.78, 5) is 16.2. The number of anilines is 1. The second-order valence-electron chi connectivity index (χ2n) is 4.08. The minimum Gasteiger partial charge on any atom is -0.298 e. The van der Waals surface area contributed by atoms with Gasteiger partial charge in [0, 0.05) is 16.7 Å². The maximum Gasteiger partial charge on any atom is 0.257 e. The van der Waals surface area contributed by atoms with Crippen LogP contribution in [0.4, 0.5) is 5.13 Å². The van der Waals surface area contributed by atoms with Gasteiger partial charge in [0.05, 0.1) is 5.69 Å². The molecule has 0 aliphatic heterocycles. The smallest absolute Gasteiger partial charge is 0.257 e. The van der Waals surface area contributed by atoms with E-state index >= 15 is 0 Å². The lowest BCUT2D eigenvalue weighted by molar-refractivity contribution is 0.102.